The predicted molar refractivity (Wildman–Crippen MR) is 151 cm³/mol. The molecule has 228 valence electrons. The van der Waals surface area contributed by atoms with Gasteiger partial charge in [-0.2, -0.15) is 0 Å². The second kappa shape index (κ2) is 18.5. The van der Waals surface area contributed by atoms with E-state index in [-0.39, 0.29) is 26.4 Å². The van der Waals surface area contributed by atoms with Crippen LogP contribution in [0.5, 0.6) is 0 Å². The minimum absolute atomic E-state index is 0.0645. The van der Waals surface area contributed by atoms with Crippen molar-refractivity contribution >= 4 is 0 Å². The summed E-state index contributed by atoms with van der Waals surface area (Å²) in [6, 6.07) is 0. The van der Waals surface area contributed by atoms with Crippen molar-refractivity contribution in [2.75, 3.05) is 26.4 Å². The fourth-order valence-electron chi connectivity index (χ4n) is 4.78. The Kier molecular flexibility index (Phi) is 15.1. The number of hydrogen-bond donors (Lipinski definition) is 0. The average molecular weight is 579 g/mol. The zero-order valence-corrected chi connectivity index (χ0v) is 23.4. The normalized spacial score (nSPS) is 32.5. The molecule has 2 aliphatic rings. The molecular formula is C30H42O11. The average Bonchev–Trinajstić information content (AvgIpc) is 2.97. The molecule has 0 aromatic heterocycles. The van der Waals surface area contributed by atoms with E-state index in [0.29, 0.717) is 0 Å². The summed E-state index contributed by atoms with van der Waals surface area (Å²) in [4.78, 5) is 0. The van der Waals surface area contributed by atoms with Gasteiger partial charge in [0.1, 0.15) is 37.6 Å². The van der Waals surface area contributed by atoms with Gasteiger partial charge in [0.25, 0.3) is 0 Å². The second-order valence-electron chi connectivity index (χ2n) is 8.57. The van der Waals surface area contributed by atoms with Crippen LogP contribution >= 0.6 is 0 Å². The van der Waals surface area contributed by atoms with Crippen molar-refractivity contribution in [1.82, 2.24) is 0 Å². The summed E-state index contributed by atoms with van der Waals surface area (Å²) in [5.41, 5.74) is 0. The van der Waals surface area contributed by atoms with Crippen molar-refractivity contribution in [2.45, 2.75) is 61.0 Å². The topological polar surface area (TPSA) is 102 Å². The maximum atomic E-state index is 6.30. The first kappa shape index (κ1) is 33.4. The number of ether oxygens (including phenoxy) is 11. The Hall–Kier alpha value is -3.80. The minimum atomic E-state index is -0.682. The van der Waals surface area contributed by atoms with Crippen LogP contribution in [-0.4, -0.2) is 87.5 Å². The second-order valence-corrected chi connectivity index (χ2v) is 8.57. The predicted octanol–water partition coefficient (Wildman–Crippen LogP) is 4.03. The smallest absolute Gasteiger partial charge is 0.176 e. The van der Waals surface area contributed by atoms with Gasteiger partial charge in [0, 0.05) is 0 Å². The van der Waals surface area contributed by atoms with Crippen molar-refractivity contribution in [3.05, 3.63) is 103 Å². The fourth-order valence-corrected chi connectivity index (χ4v) is 4.78. The van der Waals surface area contributed by atoms with Gasteiger partial charge in [0.2, 0.25) is 0 Å². The van der Waals surface area contributed by atoms with Crippen molar-refractivity contribution < 1.29 is 52.1 Å². The molecule has 10 unspecified atom stereocenters. The molecule has 2 rings (SSSR count). The Morgan fingerprint density at radius 1 is 0.366 bits per heavy atom. The van der Waals surface area contributed by atoms with Crippen molar-refractivity contribution in [1.29, 1.82) is 0 Å². The number of rotatable bonds is 22. The summed E-state index contributed by atoms with van der Waals surface area (Å²) in [6.07, 6.45) is 4.03. The van der Waals surface area contributed by atoms with E-state index in [4.69, 9.17) is 52.1 Å². The summed E-state index contributed by atoms with van der Waals surface area (Å²) < 4.78 is 64.2. The summed E-state index contributed by atoms with van der Waals surface area (Å²) in [7, 11) is 0. The van der Waals surface area contributed by atoms with E-state index in [9.17, 15) is 0 Å². The standard InChI is InChI=1S/C30H42O11/c1-9-31-17-21-25(34-11-3)29(38-15-7)27(36-13-5)23(40-21)19-33-20-24-28(37-14-6)30(39-16-8)26(35-12-4)22(41-24)18-32-10-2/h9-16,21-30H,1-8,17-20H2. The Labute approximate surface area is 242 Å². The van der Waals surface area contributed by atoms with Crippen molar-refractivity contribution in [3.63, 3.8) is 0 Å². The molecular weight excluding hydrogens is 536 g/mol. The van der Waals surface area contributed by atoms with E-state index in [1.807, 2.05) is 0 Å². The molecule has 2 aliphatic heterocycles. The Morgan fingerprint density at radius 3 is 0.902 bits per heavy atom. The lowest BCUT2D eigenvalue weighted by Crippen LogP contribution is -2.62. The van der Waals surface area contributed by atoms with Crippen molar-refractivity contribution in [2.24, 2.45) is 0 Å². The lowest BCUT2D eigenvalue weighted by atomic mass is 9.94. The third kappa shape index (κ3) is 9.10. The SMILES string of the molecule is C=COCC1OC(COCC2OC(COC=C)C(OC=C)C(OC=C)C2OC=C)C(OC=C)C(OC=C)C1OC=C. The fraction of sp³-hybridized carbons (Fsp3) is 0.467. The first-order valence-corrected chi connectivity index (χ1v) is 13.0. The Bertz CT molecular complexity index is 793. The lowest BCUT2D eigenvalue weighted by Gasteiger charge is -2.45. The molecule has 41 heavy (non-hydrogen) atoms. The molecule has 11 nitrogen and oxygen atoms in total. The van der Waals surface area contributed by atoms with Crippen LogP contribution in [0, 0.1) is 0 Å². The Morgan fingerprint density at radius 2 is 0.634 bits per heavy atom. The maximum Gasteiger partial charge on any atom is 0.176 e. The molecule has 0 amide bonds. The Balaban J connectivity index is 2.26. The first-order chi connectivity index (χ1) is 20.0. The summed E-state index contributed by atoms with van der Waals surface area (Å²) in [6.45, 7) is 29.6. The van der Waals surface area contributed by atoms with Gasteiger partial charge in [-0.1, -0.05) is 52.6 Å². The van der Waals surface area contributed by atoms with Crippen LogP contribution in [0.2, 0.25) is 0 Å². The summed E-state index contributed by atoms with van der Waals surface area (Å²) >= 11 is 0. The molecule has 0 aliphatic carbocycles. The molecule has 0 bridgehead atoms. The molecule has 2 fully saturated rings. The highest BCUT2D eigenvalue weighted by Crippen LogP contribution is 2.31. The molecule has 0 saturated carbocycles. The molecule has 0 radical (unpaired) electrons. The highest BCUT2D eigenvalue weighted by Gasteiger charge is 2.51. The number of hydrogen-bond acceptors (Lipinski definition) is 11. The van der Waals surface area contributed by atoms with Crippen LogP contribution in [0.3, 0.4) is 0 Å². The van der Waals surface area contributed by atoms with E-state index in [1.165, 1.54) is 50.1 Å². The molecule has 2 saturated heterocycles. The van der Waals surface area contributed by atoms with Crippen LogP contribution < -0.4 is 0 Å². The molecule has 0 spiro atoms. The molecule has 11 heteroatoms. The summed E-state index contributed by atoms with van der Waals surface area (Å²) in [5, 5.41) is 0. The van der Waals surface area contributed by atoms with Gasteiger partial charge in [-0.15, -0.1) is 0 Å². The minimum Gasteiger partial charge on any atom is -0.499 e. The maximum absolute atomic E-state index is 6.30. The largest absolute Gasteiger partial charge is 0.499 e. The van der Waals surface area contributed by atoms with E-state index < -0.39 is 61.0 Å². The zero-order chi connectivity index (χ0) is 30.0. The lowest BCUT2D eigenvalue weighted by molar-refractivity contribution is -0.257. The zero-order valence-electron chi connectivity index (χ0n) is 23.4. The van der Waals surface area contributed by atoms with Gasteiger partial charge in [-0.25, -0.2) is 0 Å². The van der Waals surface area contributed by atoms with Gasteiger partial charge >= 0.3 is 0 Å². The monoisotopic (exact) mass is 578 g/mol. The van der Waals surface area contributed by atoms with Gasteiger partial charge in [0.05, 0.1) is 63.3 Å². The third-order valence-electron chi connectivity index (χ3n) is 6.30. The molecule has 0 aromatic rings. The van der Waals surface area contributed by atoms with E-state index in [1.54, 1.807) is 0 Å². The van der Waals surface area contributed by atoms with Crippen LogP contribution in [0.1, 0.15) is 0 Å². The van der Waals surface area contributed by atoms with Gasteiger partial charge in [-0.05, 0) is 0 Å². The van der Waals surface area contributed by atoms with Gasteiger partial charge in [0.15, 0.2) is 36.6 Å². The molecule has 0 aromatic carbocycles. The third-order valence-corrected chi connectivity index (χ3v) is 6.30. The molecule has 10 atom stereocenters. The van der Waals surface area contributed by atoms with Crippen LogP contribution in [-0.2, 0) is 52.1 Å². The first-order valence-electron chi connectivity index (χ1n) is 13.0. The van der Waals surface area contributed by atoms with Gasteiger partial charge < -0.3 is 52.1 Å². The van der Waals surface area contributed by atoms with Crippen molar-refractivity contribution in [3.8, 4) is 0 Å². The van der Waals surface area contributed by atoms with E-state index in [2.05, 4.69) is 52.6 Å². The highest BCUT2D eigenvalue weighted by molar-refractivity contribution is 5.00. The molecule has 0 N–H and O–H groups in total. The van der Waals surface area contributed by atoms with E-state index in [0.717, 1.165) is 0 Å². The van der Waals surface area contributed by atoms with Crippen LogP contribution in [0.4, 0.5) is 0 Å². The van der Waals surface area contributed by atoms with Gasteiger partial charge in [-0.3, -0.25) is 0 Å². The van der Waals surface area contributed by atoms with Crippen LogP contribution in [0.15, 0.2) is 103 Å². The highest BCUT2D eigenvalue weighted by atomic mass is 16.6. The summed E-state index contributed by atoms with van der Waals surface area (Å²) in [5.74, 6) is 0. The quantitative estimate of drug-likeness (QED) is 0.174. The van der Waals surface area contributed by atoms with E-state index >= 15 is 0 Å². The van der Waals surface area contributed by atoms with Crippen LogP contribution in [0.25, 0.3) is 0 Å². The molecule has 2 heterocycles.